The van der Waals surface area contributed by atoms with Crippen LogP contribution in [0.1, 0.15) is 32.3 Å². The van der Waals surface area contributed by atoms with Crippen LogP contribution in [-0.4, -0.2) is 25.2 Å². The van der Waals surface area contributed by atoms with Crippen molar-refractivity contribution in [1.29, 1.82) is 0 Å². The van der Waals surface area contributed by atoms with Crippen LogP contribution in [0.25, 0.3) is 31.9 Å². The summed E-state index contributed by atoms with van der Waals surface area (Å²) >= 11 is 1.50. The molecule has 0 saturated heterocycles. The van der Waals surface area contributed by atoms with Crippen molar-refractivity contribution in [3.8, 4) is 21.7 Å². The third-order valence-corrected chi connectivity index (χ3v) is 7.20. The van der Waals surface area contributed by atoms with Crippen LogP contribution in [0.2, 0.25) is 0 Å². The van der Waals surface area contributed by atoms with E-state index in [1.54, 1.807) is 17.1 Å². The van der Waals surface area contributed by atoms with Crippen molar-refractivity contribution in [2.45, 2.75) is 44.4 Å². The Bertz CT molecular complexity index is 1320. The summed E-state index contributed by atoms with van der Waals surface area (Å²) in [5.41, 5.74) is 8.83. The number of aromatic nitrogens is 3. The van der Waals surface area contributed by atoms with Crippen molar-refractivity contribution in [2.24, 2.45) is 5.73 Å². The Kier molecular flexibility index (Phi) is 4.58. The predicted molar refractivity (Wildman–Crippen MR) is 124 cm³/mol. The maximum atomic E-state index is 13.2. The minimum atomic E-state index is -0.699. The number of aliphatic hydroxyl groups is 1. The van der Waals surface area contributed by atoms with E-state index in [2.05, 4.69) is 9.97 Å². The molecule has 7 heteroatoms. The van der Waals surface area contributed by atoms with Gasteiger partial charge in [-0.1, -0.05) is 30.3 Å². The molecular formula is C24H24N4O2S. The van der Waals surface area contributed by atoms with E-state index in [4.69, 9.17) is 5.73 Å². The quantitative estimate of drug-likeness (QED) is 0.510. The van der Waals surface area contributed by atoms with E-state index >= 15 is 0 Å². The van der Waals surface area contributed by atoms with E-state index < -0.39 is 11.1 Å². The van der Waals surface area contributed by atoms with Crippen LogP contribution in [0.4, 0.5) is 0 Å². The summed E-state index contributed by atoms with van der Waals surface area (Å²) in [4.78, 5) is 23.9. The summed E-state index contributed by atoms with van der Waals surface area (Å²) in [5, 5.41) is 10.7. The second kappa shape index (κ2) is 7.09. The van der Waals surface area contributed by atoms with Crippen LogP contribution in [0.5, 0.6) is 0 Å². The minimum Gasteiger partial charge on any atom is -0.390 e. The topological polar surface area (TPSA) is 94.0 Å². The number of aryl methyl sites for hydroxylation is 1. The molecule has 1 fully saturated rings. The minimum absolute atomic E-state index is 0.0510. The van der Waals surface area contributed by atoms with Gasteiger partial charge in [0.05, 0.1) is 23.0 Å². The van der Waals surface area contributed by atoms with Gasteiger partial charge >= 0.3 is 0 Å². The number of nitrogens with zero attached hydrogens (tertiary/aromatic N) is 3. The van der Waals surface area contributed by atoms with Crippen LogP contribution in [-0.2, 0) is 12.1 Å². The molecule has 3 heterocycles. The average Bonchev–Trinajstić information content (AvgIpc) is 3.14. The van der Waals surface area contributed by atoms with E-state index in [9.17, 15) is 9.90 Å². The highest BCUT2D eigenvalue weighted by Crippen LogP contribution is 2.47. The van der Waals surface area contributed by atoms with E-state index in [0.717, 1.165) is 27.3 Å². The molecule has 4 aromatic rings. The first kappa shape index (κ1) is 20.1. The molecule has 0 amide bonds. The fourth-order valence-electron chi connectivity index (χ4n) is 4.68. The number of benzene rings is 1. The second-order valence-corrected chi connectivity index (χ2v) is 9.62. The molecule has 1 saturated carbocycles. The molecule has 0 bridgehead atoms. The molecule has 0 atom stereocenters. The largest absolute Gasteiger partial charge is 0.390 e. The number of pyridine rings is 1. The smallest absolute Gasteiger partial charge is 0.262 e. The number of rotatable bonds is 4. The van der Waals surface area contributed by atoms with Gasteiger partial charge in [-0.25, -0.2) is 4.98 Å². The van der Waals surface area contributed by atoms with Gasteiger partial charge in [0.1, 0.15) is 4.83 Å². The fraction of sp³-hybridized carbons (Fsp3) is 0.292. The molecule has 5 rings (SSSR count). The van der Waals surface area contributed by atoms with Crippen molar-refractivity contribution < 1.29 is 5.11 Å². The Morgan fingerprint density at radius 3 is 2.52 bits per heavy atom. The van der Waals surface area contributed by atoms with Crippen LogP contribution in [0, 0.1) is 0 Å². The maximum absolute atomic E-state index is 13.2. The number of hydrogen-bond donors (Lipinski definition) is 2. The van der Waals surface area contributed by atoms with E-state index in [1.165, 1.54) is 11.3 Å². The maximum Gasteiger partial charge on any atom is 0.262 e. The molecule has 3 N–H and O–H groups in total. The van der Waals surface area contributed by atoms with Gasteiger partial charge in [0.15, 0.2) is 0 Å². The molecule has 0 unspecified atom stereocenters. The standard InChI is InChI=1S/C24H24N4O2S/c1-3-28-14-27-21-19(22(28)29)18(17-6-4-5-11-26-17)20(31-21)15-7-9-16(10-8-15)24(25)12-23(2,30)13-24/h4-11,14,30H,3,12-13,25H2,1-2H3/t23-,24+. The molecule has 0 spiro atoms. The zero-order valence-corrected chi connectivity index (χ0v) is 18.3. The van der Waals surface area contributed by atoms with E-state index in [0.29, 0.717) is 29.6 Å². The molecule has 6 nitrogen and oxygen atoms in total. The lowest BCUT2D eigenvalue weighted by Crippen LogP contribution is -2.58. The van der Waals surface area contributed by atoms with E-state index in [1.807, 2.05) is 56.3 Å². The molecule has 1 aromatic carbocycles. The molecule has 1 aliphatic rings. The van der Waals surface area contributed by atoms with Gasteiger partial charge in [0, 0.05) is 28.7 Å². The number of hydrogen-bond acceptors (Lipinski definition) is 6. The van der Waals surface area contributed by atoms with Gasteiger partial charge in [0.25, 0.3) is 5.56 Å². The Hall–Kier alpha value is -2.87. The lowest BCUT2D eigenvalue weighted by Gasteiger charge is -2.49. The monoisotopic (exact) mass is 432 g/mol. The normalized spacial score (nSPS) is 23.1. The summed E-state index contributed by atoms with van der Waals surface area (Å²) in [6.07, 6.45) is 4.43. The molecule has 158 valence electrons. The van der Waals surface area contributed by atoms with Gasteiger partial charge in [0.2, 0.25) is 0 Å². The first-order valence-corrected chi connectivity index (χ1v) is 11.2. The Morgan fingerprint density at radius 1 is 1.16 bits per heavy atom. The molecular weight excluding hydrogens is 408 g/mol. The lowest BCUT2D eigenvalue weighted by molar-refractivity contribution is -0.0738. The lowest BCUT2D eigenvalue weighted by atomic mass is 9.63. The van der Waals surface area contributed by atoms with Gasteiger partial charge in [-0.15, -0.1) is 11.3 Å². The van der Waals surface area contributed by atoms with Crippen molar-refractivity contribution in [1.82, 2.24) is 14.5 Å². The van der Waals surface area contributed by atoms with Crippen LogP contribution in [0.15, 0.2) is 59.8 Å². The third-order valence-electron chi connectivity index (χ3n) is 6.06. The summed E-state index contributed by atoms with van der Waals surface area (Å²) in [6.45, 7) is 4.31. The van der Waals surface area contributed by atoms with Crippen LogP contribution >= 0.6 is 11.3 Å². The highest BCUT2D eigenvalue weighted by molar-refractivity contribution is 7.22. The fourth-order valence-corrected chi connectivity index (χ4v) is 5.82. The summed E-state index contributed by atoms with van der Waals surface area (Å²) in [7, 11) is 0. The first-order chi connectivity index (χ1) is 14.8. The predicted octanol–water partition coefficient (Wildman–Crippen LogP) is 3.91. The van der Waals surface area contributed by atoms with Gasteiger partial charge < -0.3 is 10.8 Å². The van der Waals surface area contributed by atoms with Crippen molar-refractivity contribution in [3.63, 3.8) is 0 Å². The highest BCUT2D eigenvalue weighted by Gasteiger charge is 2.49. The summed E-state index contributed by atoms with van der Waals surface area (Å²) in [5.74, 6) is 0. The molecule has 1 aliphatic carbocycles. The SMILES string of the molecule is CCn1cnc2sc(-c3ccc([C@]4(N)C[C@@](C)(O)C4)cc3)c(-c3ccccn3)c2c1=O. The van der Waals surface area contributed by atoms with Crippen LogP contribution < -0.4 is 11.3 Å². The second-order valence-electron chi connectivity index (χ2n) is 8.62. The van der Waals surface area contributed by atoms with Crippen LogP contribution in [0.3, 0.4) is 0 Å². The number of thiophene rings is 1. The van der Waals surface area contributed by atoms with E-state index in [-0.39, 0.29) is 5.56 Å². The number of fused-ring (bicyclic) bond motifs is 1. The third kappa shape index (κ3) is 3.29. The molecule has 0 radical (unpaired) electrons. The zero-order valence-electron chi connectivity index (χ0n) is 17.5. The zero-order chi connectivity index (χ0) is 21.8. The molecule has 31 heavy (non-hydrogen) atoms. The van der Waals surface area contributed by atoms with Gasteiger partial charge in [-0.2, -0.15) is 0 Å². The van der Waals surface area contributed by atoms with Gasteiger partial charge in [-0.05, 0) is 49.9 Å². The first-order valence-electron chi connectivity index (χ1n) is 10.4. The Morgan fingerprint density at radius 2 is 1.90 bits per heavy atom. The van der Waals surface area contributed by atoms with Gasteiger partial charge in [-0.3, -0.25) is 14.3 Å². The summed E-state index contributed by atoms with van der Waals surface area (Å²) in [6, 6.07) is 13.8. The highest BCUT2D eigenvalue weighted by atomic mass is 32.1. The number of nitrogens with two attached hydrogens (primary N) is 1. The van der Waals surface area contributed by atoms with Crippen molar-refractivity contribution >= 4 is 21.6 Å². The molecule has 3 aromatic heterocycles. The summed E-state index contributed by atoms with van der Waals surface area (Å²) < 4.78 is 1.62. The average molecular weight is 433 g/mol. The Balaban J connectivity index is 1.67. The Labute approximate surface area is 184 Å². The molecule has 0 aliphatic heterocycles. The van der Waals surface area contributed by atoms with Crippen molar-refractivity contribution in [2.75, 3.05) is 0 Å². The van der Waals surface area contributed by atoms with Crippen molar-refractivity contribution in [3.05, 3.63) is 70.9 Å².